The minimum atomic E-state index is -3.16. The second-order valence-electron chi connectivity index (χ2n) is 31.6. The highest BCUT2D eigenvalue weighted by molar-refractivity contribution is 8.09. The number of fused-ring (bicyclic) bond motifs is 8. The van der Waals surface area contributed by atoms with Crippen LogP contribution in [0.15, 0.2) is 53.1 Å². The Bertz CT molecular complexity index is 5580. The number of imidazole rings is 3. The Labute approximate surface area is 815 Å². The van der Waals surface area contributed by atoms with Crippen LogP contribution in [0.3, 0.4) is 0 Å². The molecule has 18 heterocycles. The molecule has 0 spiro atoms. The quantitative estimate of drug-likeness (QED) is 0.0253. The van der Waals surface area contributed by atoms with E-state index in [1.807, 2.05) is 0 Å². The number of halogens is 10. The first kappa shape index (κ1) is 106. The summed E-state index contributed by atoms with van der Waals surface area (Å²) in [6.45, 7) is 8.16. The zero-order chi connectivity index (χ0) is 98.3. The van der Waals surface area contributed by atoms with Gasteiger partial charge in [-0.05, 0) is 161 Å². The van der Waals surface area contributed by atoms with Gasteiger partial charge >= 0.3 is 45.0 Å². The van der Waals surface area contributed by atoms with Crippen LogP contribution in [0.5, 0.6) is 17.6 Å². The molecule has 0 saturated carbocycles. The number of hydrogen-bond donors (Lipinski definition) is 5. The Hall–Kier alpha value is -4.64. The van der Waals surface area contributed by atoms with E-state index in [1.54, 1.807) is 90.0 Å². The summed E-state index contributed by atoms with van der Waals surface area (Å²) in [6.07, 6.45) is -11.8. The summed E-state index contributed by atoms with van der Waals surface area (Å²) in [7, 11) is 0. The van der Waals surface area contributed by atoms with Crippen molar-refractivity contribution in [3.63, 3.8) is 0 Å². The fourth-order valence-corrected chi connectivity index (χ4v) is 29.4. The van der Waals surface area contributed by atoms with Gasteiger partial charge in [0.25, 0.3) is 25.6 Å². The Kier molecular flexibility index (Phi) is 32.4. The molecule has 135 heavy (non-hydrogen) atoms. The Morgan fingerprint density at radius 1 is 0.370 bits per heavy atom. The summed E-state index contributed by atoms with van der Waals surface area (Å²) in [5.41, 5.74) is 28.1. The molecule has 10 aliphatic rings. The van der Waals surface area contributed by atoms with E-state index in [1.165, 1.54) is 57.2 Å². The van der Waals surface area contributed by atoms with Crippen molar-refractivity contribution in [2.24, 2.45) is 0 Å². The van der Waals surface area contributed by atoms with Crippen molar-refractivity contribution in [2.45, 2.75) is 238 Å². The molecule has 0 radical (unpaired) electrons. The zero-order valence-electron chi connectivity index (χ0n) is 73.1. The lowest BCUT2D eigenvalue weighted by Gasteiger charge is -2.35. The van der Waals surface area contributed by atoms with Crippen molar-refractivity contribution < 1.29 is 128 Å². The molecule has 10 saturated heterocycles. The number of aromatic nitrogens is 16. The zero-order valence-corrected chi connectivity index (χ0v) is 85.4. The predicted octanol–water partition coefficient (Wildman–Crippen LogP) is 11.4. The average molecular weight is 2200 g/mol. The van der Waals surface area contributed by atoms with Crippen molar-refractivity contribution in [1.82, 2.24) is 77.7 Å². The molecule has 0 amide bonds. The number of rotatable bonds is 21. The van der Waals surface area contributed by atoms with Gasteiger partial charge in [-0.2, -0.15) is 39.9 Å². The Balaban J connectivity index is 0.000000136. The lowest BCUT2D eigenvalue weighted by Crippen LogP contribution is -2.44. The minimum absolute atomic E-state index is 0.00566. The van der Waals surface area contributed by atoms with E-state index in [0.29, 0.717) is 36.4 Å². The second kappa shape index (κ2) is 41.2. The molecule has 0 bridgehead atoms. The van der Waals surface area contributed by atoms with Crippen molar-refractivity contribution in [2.75, 3.05) is 81.5 Å². The Morgan fingerprint density at radius 3 is 0.770 bits per heavy atom. The number of nitrogens with zero attached hydrogens (tertiary/aromatic N) is 16. The molecule has 10 aliphatic heterocycles. The van der Waals surface area contributed by atoms with E-state index in [2.05, 4.69) is 54.8 Å². The highest BCUT2D eigenvalue weighted by atomic mass is 35.5. The summed E-state index contributed by atoms with van der Waals surface area (Å²) in [4.78, 5) is 68.1. The number of hydrogen-bond acceptors (Lipinski definition) is 46. The molecule has 2 unspecified atom stereocenters. The van der Waals surface area contributed by atoms with Gasteiger partial charge in [-0.1, -0.05) is 58.0 Å². The van der Waals surface area contributed by atoms with E-state index < -0.39 is 163 Å². The summed E-state index contributed by atoms with van der Waals surface area (Å²) in [5.74, 6) is 0.390. The van der Waals surface area contributed by atoms with Crippen molar-refractivity contribution in [3.8, 4) is 17.6 Å². The molecule has 25 atom stereocenters. The van der Waals surface area contributed by atoms with Crippen LogP contribution in [-0.2, 0) is 151 Å². The third-order valence-electron chi connectivity index (χ3n) is 19.7. The maximum Gasteiger partial charge on any atom is 0.351 e. The molecule has 10 fully saturated rings. The number of ether oxygens (including phenoxy) is 8. The minimum Gasteiger partial charge on any atom is -0.476 e. The van der Waals surface area contributed by atoms with Crippen LogP contribution < -0.4 is 54.3 Å². The molecule has 18 rings (SSSR count). The van der Waals surface area contributed by atoms with Crippen LogP contribution in [0.25, 0.3) is 33.5 Å². The normalized spacial score (nSPS) is 36.2. The molecular formula is C69H92Cl5F5N21O25P5S5. The molecule has 10 N–H and O–H groups in total. The van der Waals surface area contributed by atoms with Gasteiger partial charge in [-0.25, -0.2) is 46.5 Å². The first-order valence-electron chi connectivity index (χ1n) is 41.0. The van der Waals surface area contributed by atoms with Crippen LogP contribution in [0.1, 0.15) is 121 Å². The lowest BCUT2D eigenvalue weighted by atomic mass is 10.1. The van der Waals surface area contributed by atoms with Gasteiger partial charge in [0.15, 0.2) is 64.6 Å². The number of nitrogens with two attached hydrogens (primary N) is 5. The molecular weight excluding hydrogens is 2110 g/mol. The molecule has 8 aromatic heterocycles. The highest BCUT2D eigenvalue weighted by Gasteiger charge is 2.68. The molecule has 8 aromatic rings. The number of anilines is 5. The SMILES string of the molecule is CC(C)OP1(=S)OC[C@H]2O[C@@H](n3ccc(N)nc3=O)[C@](F)(Cl)[C@@H]2O1.CC(C)O[P@@]1(=S)OC[C@H]2O[C@@H](n3ccc(N)nc3=O)[C@](F)(Cl)[C@@H]2O1.CCOc1nc(N)nc2c1ncn2[C@@H]1O[C@@H]2COP(=S)(OC(C)C)O[C@H]2[C@]1(F)Cl.CCOc1nc(N)nc2c1ncn2[C@@H]1O[C@@H]2CO[P@@](=S)(OC(C)C)O[C@H]2[C@]1(F)Cl.CCOc1nc(N)nc2c1ncn2[C@@H]1O[C@@H]2CO[P@](=S)(OC(C)C)O[C@H]2[C@]1(F)Cl. The second-order valence-corrected chi connectivity index (χ2v) is 49.1. The standard InChI is InChI=1S/3C15H20ClFN5O5PS.2C12H16ClFN3O5PS/c3*1-4-23-12-9-11(20-14(18)21-12)22(6-19-9)13-15(16,17)10-8(25-13)5-24-28(29,27-10)26-7(2)3;2*1-6(2)21-23(24)19-5-7-9(22-23)12(13,14)10(20-7)17-4-3-8(15)16-11(17)18/h3*6-8,10,13H,4-5H2,1-3H3,(H2,18,20,21);2*3-4,6-7,9-10H,5H2,1-2H3,(H2,15,16,18)/t8-,10-,13-,15-,28?;8-,10-,13-,15-,28+;8-,10-,13-,15-,28-;7-,9-,10-,12+,23?;7-,9-,10-,12+,23+/m11111/s1. The van der Waals surface area contributed by atoms with Crippen LogP contribution in [0, 0.1) is 0 Å². The smallest absolute Gasteiger partial charge is 0.351 e. The van der Waals surface area contributed by atoms with Gasteiger partial charge in [-0.3, -0.25) is 45.5 Å². The van der Waals surface area contributed by atoms with Gasteiger partial charge < -0.3 is 112 Å². The lowest BCUT2D eigenvalue weighted by molar-refractivity contribution is -0.0657. The molecule has 66 heteroatoms. The van der Waals surface area contributed by atoms with Gasteiger partial charge in [0, 0.05) is 12.4 Å². The molecule has 748 valence electrons. The van der Waals surface area contributed by atoms with Gasteiger partial charge in [0.1, 0.15) is 72.7 Å². The molecule has 0 aliphatic carbocycles. The van der Waals surface area contributed by atoms with E-state index >= 15 is 22.0 Å². The first-order chi connectivity index (χ1) is 63.2. The summed E-state index contributed by atoms with van der Waals surface area (Å²) in [6, 6.07) is 2.67. The number of alkyl halides is 10. The average Bonchev–Trinajstić information content (AvgIpc) is 1.58. The third-order valence-corrected chi connectivity index (χ3v) is 34.0. The van der Waals surface area contributed by atoms with Crippen molar-refractivity contribution in [1.29, 1.82) is 0 Å². The van der Waals surface area contributed by atoms with E-state index in [9.17, 15) is 9.59 Å². The van der Waals surface area contributed by atoms with Crippen LogP contribution in [0.2, 0.25) is 0 Å². The summed E-state index contributed by atoms with van der Waals surface area (Å²) >= 11 is 57.4. The predicted molar refractivity (Wildman–Crippen MR) is 493 cm³/mol. The van der Waals surface area contributed by atoms with Crippen LogP contribution in [0.4, 0.5) is 51.4 Å². The van der Waals surface area contributed by atoms with Gasteiger partial charge in [0.05, 0.1) is 102 Å². The fraction of sp³-hybridized carbons (Fsp3) is 0.667. The van der Waals surface area contributed by atoms with Crippen molar-refractivity contribution >= 4 is 214 Å². The topological polar surface area (TPSA) is 543 Å². The number of nitrogen functional groups attached to an aromatic ring is 5. The van der Waals surface area contributed by atoms with E-state index in [0.717, 1.165) is 9.13 Å². The maximum absolute atomic E-state index is 15.8. The largest absolute Gasteiger partial charge is 0.476 e. The van der Waals surface area contributed by atoms with E-state index in [-0.39, 0.29) is 128 Å². The first-order valence-corrected chi connectivity index (χ1v) is 55.7. The van der Waals surface area contributed by atoms with Crippen LogP contribution in [-0.4, -0.2) is 248 Å². The van der Waals surface area contributed by atoms with Gasteiger partial charge in [-0.15, -0.1) is 0 Å². The van der Waals surface area contributed by atoms with Crippen LogP contribution >= 0.6 is 91.6 Å². The molecule has 0 aromatic carbocycles. The highest BCUT2D eigenvalue weighted by Crippen LogP contribution is 2.67. The van der Waals surface area contributed by atoms with E-state index in [4.69, 9.17) is 251 Å². The summed E-state index contributed by atoms with van der Waals surface area (Å²) in [5, 5.41) is -12.6. The van der Waals surface area contributed by atoms with Gasteiger partial charge in [0.2, 0.25) is 35.5 Å². The fourth-order valence-electron chi connectivity index (χ4n) is 14.6. The Morgan fingerprint density at radius 2 is 0.578 bits per heavy atom. The monoisotopic (exact) mass is 2200 g/mol. The third kappa shape index (κ3) is 22.5. The molecule has 46 nitrogen and oxygen atoms in total. The van der Waals surface area contributed by atoms with Crippen molar-refractivity contribution in [3.05, 3.63) is 64.5 Å². The summed E-state index contributed by atoms with van der Waals surface area (Å²) < 4.78 is 212. The maximum atomic E-state index is 15.8.